The van der Waals surface area contributed by atoms with E-state index < -0.39 is 5.97 Å². The maximum atomic E-state index is 11.9. The summed E-state index contributed by atoms with van der Waals surface area (Å²) in [5.41, 5.74) is 0.168. The minimum Gasteiger partial charge on any atom is -0.507 e. The minimum atomic E-state index is -1.21. The lowest BCUT2D eigenvalue weighted by Crippen LogP contribution is -2.40. The molecule has 0 bridgehead atoms. The number of urea groups is 1. The SMILES string of the molecule is CC1CCCC(NC(=O)Nc2ccc(C(=O)O)c(O)c2)C1. The molecule has 1 aliphatic rings. The van der Waals surface area contributed by atoms with Crippen LogP contribution in [0, 0.1) is 5.92 Å². The highest BCUT2D eigenvalue weighted by molar-refractivity contribution is 5.94. The molecular weight excluding hydrogens is 272 g/mol. The standard InChI is InChI=1S/C15H20N2O4/c1-9-3-2-4-10(7-9)16-15(21)17-11-5-6-12(14(19)20)13(18)8-11/h5-6,8-10,18H,2-4,7H2,1H3,(H,19,20)(H2,16,17,21). The molecule has 2 amide bonds. The van der Waals surface area contributed by atoms with Crippen molar-refractivity contribution in [3.05, 3.63) is 23.8 Å². The first-order valence-electron chi connectivity index (χ1n) is 7.09. The number of benzene rings is 1. The van der Waals surface area contributed by atoms with Gasteiger partial charge in [-0.15, -0.1) is 0 Å². The maximum Gasteiger partial charge on any atom is 0.339 e. The van der Waals surface area contributed by atoms with Crippen LogP contribution in [0.1, 0.15) is 43.0 Å². The second-order valence-electron chi connectivity index (χ2n) is 5.60. The summed E-state index contributed by atoms with van der Waals surface area (Å²) in [6.45, 7) is 2.18. The van der Waals surface area contributed by atoms with Crippen molar-refractivity contribution >= 4 is 17.7 Å². The van der Waals surface area contributed by atoms with Gasteiger partial charge in [0.05, 0.1) is 0 Å². The Kier molecular flexibility index (Phi) is 4.67. The van der Waals surface area contributed by atoms with Gasteiger partial charge in [0.1, 0.15) is 11.3 Å². The molecule has 1 aromatic rings. The van der Waals surface area contributed by atoms with Crippen molar-refractivity contribution in [1.82, 2.24) is 5.32 Å². The quantitative estimate of drug-likeness (QED) is 0.688. The van der Waals surface area contributed by atoms with Gasteiger partial charge in [0.25, 0.3) is 0 Å². The number of hydrogen-bond acceptors (Lipinski definition) is 3. The Morgan fingerprint density at radius 1 is 1.29 bits per heavy atom. The largest absolute Gasteiger partial charge is 0.507 e. The lowest BCUT2D eigenvalue weighted by atomic mass is 9.87. The van der Waals surface area contributed by atoms with Crippen LogP contribution in [0.25, 0.3) is 0 Å². The van der Waals surface area contributed by atoms with Crippen LogP contribution in [0.5, 0.6) is 5.75 Å². The third-order valence-corrected chi connectivity index (χ3v) is 3.76. The van der Waals surface area contributed by atoms with Crippen LogP contribution in [0.15, 0.2) is 18.2 Å². The van der Waals surface area contributed by atoms with Gasteiger partial charge in [0.15, 0.2) is 0 Å². The smallest absolute Gasteiger partial charge is 0.339 e. The van der Waals surface area contributed by atoms with E-state index in [9.17, 15) is 14.7 Å². The second-order valence-corrected chi connectivity index (χ2v) is 5.60. The number of rotatable bonds is 3. The third kappa shape index (κ3) is 4.11. The van der Waals surface area contributed by atoms with Gasteiger partial charge in [-0.3, -0.25) is 0 Å². The first-order chi connectivity index (χ1) is 9.95. The molecule has 21 heavy (non-hydrogen) atoms. The Bertz CT molecular complexity index is 544. The van der Waals surface area contributed by atoms with Gasteiger partial charge in [-0.1, -0.05) is 19.8 Å². The van der Waals surface area contributed by atoms with Crippen LogP contribution >= 0.6 is 0 Å². The molecule has 1 aliphatic carbocycles. The number of nitrogens with one attached hydrogen (secondary N) is 2. The van der Waals surface area contributed by atoms with Crippen LogP contribution in [-0.2, 0) is 0 Å². The molecule has 2 unspecified atom stereocenters. The van der Waals surface area contributed by atoms with Gasteiger partial charge >= 0.3 is 12.0 Å². The van der Waals surface area contributed by atoms with E-state index in [0.29, 0.717) is 11.6 Å². The number of phenols is 1. The predicted octanol–water partition coefficient (Wildman–Crippen LogP) is 2.79. The first-order valence-corrected chi connectivity index (χ1v) is 7.09. The summed E-state index contributed by atoms with van der Waals surface area (Å²) in [4.78, 5) is 22.7. The van der Waals surface area contributed by atoms with Gasteiger partial charge in [-0.05, 0) is 30.9 Å². The molecule has 4 N–H and O–H groups in total. The molecule has 0 aromatic heterocycles. The monoisotopic (exact) mass is 292 g/mol. The van der Waals surface area contributed by atoms with E-state index in [1.165, 1.54) is 24.6 Å². The molecule has 1 aromatic carbocycles. The molecule has 0 saturated heterocycles. The van der Waals surface area contributed by atoms with Crippen LogP contribution < -0.4 is 10.6 Å². The number of hydrogen-bond donors (Lipinski definition) is 4. The Hall–Kier alpha value is -2.24. The molecule has 6 heteroatoms. The van der Waals surface area contributed by atoms with Gasteiger partial charge in [-0.25, -0.2) is 9.59 Å². The second kappa shape index (κ2) is 6.47. The maximum absolute atomic E-state index is 11.9. The summed E-state index contributed by atoms with van der Waals surface area (Å²) >= 11 is 0. The number of aromatic carboxylic acids is 1. The zero-order valence-electron chi connectivity index (χ0n) is 11.9. The van der Waals surface area contributed by atoms with Crippen molar-refractivity contribution < 1.29 is 19.8 Å². The molecule has 1 saturated carbocycles. The highest BCUT2D eigenvalue weighted by atomic mass is 16.4. The molecule has 0 heterocycles. The van der Waals surface area contributed by atoms with Crippen LogP contribution in [-0.4, -0.2) is 28.3 Å². The van der Waals surface area contributed by atoms with Crippen LogP contribution in [0.4, 0.5) is 10.5 Å². The fourth-order valence-electron chi connectivity index (χ4n) is 2.71. The Morgan fingerprint density at radius 2 is 2.05 bits per heavy atom. The Morgan fingerprint density at radius 3 is 2.67 bits per heavy atom. The van der Waals surface area contributed by atoms with E-state index >= 15 is 0 Å². The van der Waals surface area contributed by atoms with Crippen LogP contribution in [0.2, 0.25) is 0 Å². The number of carbonyl (C=O) groups is 2. The zero-order chi connectivity index (χ0) is 15.4. The fraction of sp³-hybridized carbons (Fsp3) is 0.467. The number of amides is 2. The van der Waals surface area contributed by atoms with Crippen molar-refractivity contribution in [3.8, 4) is 5.75 Å². The van der Waals surface area contributed by atoms with E-state index in [-0.39, 0.29) is 23.4 Å². The number of aromatic hydroxyl groups is 1. The zero-order valence-corrected chi connectivity index (χ0v) is 11.9. The number of carbonyl (C=O) groups excluding carboxylic acids is 1. The van der Waals surface area contributed by atoms with Crippen molar-refractivity contribution in [2.75, 3.05) is 5.32 Å². The summed E-state index contributed by atoms with van der Waals surface area (Å²) in [6.07, 6.45) is 4.25. The molecule has 2 rings (SSSR count). The van der Waals surface area contributed by atoms with E-state index in [4.69, 9.17) is 5.11 Å². The minimum absolute atomic E-state index is 0.167. The Labute approximate surface area is 123 Å². The summed E-state index contributed by atoms with van der Waals surface area (Å²) in [6, 6.07) is 3.77. The van der Waals surface area contributed by atoms with Gasteiger partial charge < -0.3 is 20.8 Å². The highest BCUT2D eigenvalue weighted by Crippen LogP contribution is 2.24. The van der Waals surface area contributed by atoms with E-state index in [1.54, 1.807) is 0 Å². The lowest BCUT2D eigenvalue weighted by molar-refractivity contribution is 0.0694. The normalized spacial score (nSPS) is 21.6. The molecule has 6 nitrogen and oxygen atoms in total. The summed E-state index contributed by atoms with van der Waals surface area (Å²) in [5.74, 6) is -0.964. The number of carboxylic acid groups (broad SMARTS) is 1. The van der Waals surface area contributed by atoms with Gasteiger partial charge in [0, 0.05) is 17.8 Å². The molecule has 0 aliphatic heterocycles. The Balaban J connectivity index is 1.93. The summed E-state index contributed by atoms with van der Waals surface area (Å²) < 4.78 is 0. The highest BCUT2D eigenvalue weighted by Gasteiger charge is 2.20. The molecule has 2 atom stereocenters. The van der Waals surface area contributed by atoms with Gasteiger partial charge in [0.2, 0.25) is 0 Å². The first kappa shape index (κ1) is 15.2. The molecular formula is C15H20N2O4. The topological polar surface area (TPSA) is 98.7 Å². The van der Waals surface area contributed by atoms with Crippen molar-refractivity contribution in [1.29, 1.82) is 0 Å². The van der Waals surface area contributed by atoms with E-state index in [2.05, 4.69) is 17.6 Å². The predicted molar refractivity (Wildman–Crippen MR) is 78.6 cm³/mol. The lowest BCUT2D eigenvalue weighted by Gasteiger charge is -2.27. The van der Waals surface area contributed by atoms with Crippen molar-refractivity contribution in [2.24, 2.45) is 5.92 Å². The average Bonchev–Trinajstić information content (AvgIpc) is 2.38. The molecule has 0 radical (unpaired) electrons. The summed E-state index contributed by atoms with van der Waals surface area (Å²) in [7, 11) is 0. The third-order valence-electron chi connectivity index (χ3n) is 3.76. The average molecular weight is 292 g/mol. The number of anilines is 1. The molecule has 0 spiro atoms. The fourth-order valence-corrected chi connectivity index (χ4v) is 2.71. The van der Waals surface area contributed by atoms with Gasteiger partial charge in [-0.2, -0.15) is 0 Å². The summed E-state index contributed by atoms with van der Waals surface area (Å²) in [5, 5.41) is 23.9. The van der Waals surface area contributed by atoms with E-state index in [1.807, 2.05) is 0 Å². The van der Waals surface area contributed by atoms with E-state index in [0.717, 1.165) is 19.3 Å². The van der Waals surface area contributed by atoms with Crippen LogP contribution in [0.3, 0.4) is 0 Å². The van der Waals surface area contributed by atoms with Crippen molar-refractivity contribution in [2.45, 2.75) is 38.6 Å². The van der Waals surface area contributed by atoms with Crippen molar-refractivity contribution in [3.63, 3.8) is 0 Å². The molecule has 1 fully saturated rings. The number of carboxylic acids is 1. The molecule has 114 valence electrons.